The first-order valence-electron chi connectivity index (χ1n) is 9.94. The van der Waals surface area contributed by atoms with Crippen molar-refractivity contribution >= 4 is 41.5 Å². The van der Waals surface area contributed by atoms with Crippen molar-refractivity contribution in [3.05, 3.63) is 34.9 Å². The van der Waals surface area contributed by atoms with Crippen LogP contribution >= 0.6 is 0 Å². The molecule has 1 aromatic rings. The second-order valence-electron chi connectivity index (χ2n) is 7.15. The van der Waals surface area contributed by atoms with E-state index in [9.17, 15) is 33.6 Å². The molecule has 0 radical (unpaired) electrons. The van der Waals surface area contributed by atoms with Crippen molar-refractivity contribution in [2.45, 2.75) is 52.4 Å². The van der Waals surface area contributed by atoms with E-state index in [1.807, 2.05) is 0 Å². The van der Waals surface area contributed by atoms with Crippen molar-refractivity contribution in [1.29, 1.82) is 0 Å². The lowest BCUT2D eigenvalue weighted by Gasteiger charge is -2.17. The van der Waals surface area contributed by atoms with E-state index < -0.39 is 60.8 Å². The van der Waals surface area contributed by atoms with Crippen LogP contribution in [0.1, 0.15) is 49.8 Å². The standard InChI is InChI=1S/C21H22N2O10/c1-3-16(25)22(12(2)24)32-20(30)10-14-6-13(9-19(28)29)7-15(8-14)11-21(31)33-23-17(26)4-5-18(23)27/h6-8H,3-5,9-11H2,1-2H3,(H,28,29). The van der Waals surface area contributed by atoms with Crippen molar-refractivity contribution in [1.82, 2.24) is 10.1 Å². The molecule has 0 bridgehead atoms. The second-order valence-corrected chi connectivity index (χ2v) is 7.15. The van der Waals surface area contributed by atoms with Crippen molar-refractivity contribution < 1.29 is 48.3 Å². The lowest BCUT2D eigenvalue weighted by molar-refractivity contribution is -0.201. The minimum absolute atomic E-state index is 0.0652. The number of nitrogens with zero attached hydrogens (tertiary/aromatic N) is 2. The molecule has 2 rings (SSSR count). The number of benzene rings is 1. The zero-order valence-electron chi connectivity index (χ0n) is 18.0. The van der Waals surface area contributed by atoms with Gasteiger partial charge in [0.1, 0.15) is 0 Å². The summed E-state index contributed by atoms with van der Waals surface area (Å²) in [5.74, 6) is -5.85. The van der Waals surface area contributed by atoms with Crippen LogP contribution in [0.15, 0.2) is 18.2 Å². The van der Waals surface area contributed by atoms with E-state index in [1.165, 1.54) is 25.1 Å². The zero-order chi connectivity index (χ0) is 24.7. The Bertz CT molecular complexity index is 1000. The quantitative estimate of drug-likeness (QED) is 0.418. The van der Waals surface area contributed by atoms with Gasteiger partial charge in [0.15, 0.2) is 0 Å². The number of hydroxylamine groups is 4. The van der Waals surface area contributed by atoms with Gasteiger partial charge in [-0.05, 0) is 16.7 Å². The average molecular weight is 462 g/mol. The molecule has 1 aliphatic heterocycles. The highest BCUT2D eigenvalue weighted by Gasteiger charge is 2.32. The molecule has 1 aromatic carbocycles. The van der Waals surface area contributed by atoms with Gasteiger partial charge < -0.3 is 14.8 Å². The number of aliphatic carboxylic acids is 1. The number of hydrogen-bond acceptors (Lipinski definition) is 9. The van der Waals surface area contributed by atoms with Gasteiger partial charge in [-0.2, -0.15) is 0 Å². The van der Waals surface area contributed by atoms with Gasteiger partial charge in [0, 0.05) is 26.2 Å². The van der Waals surface area contributed by atoms with Gasteiger partial charge in [0.05, 0.1) is 19.3 Å². The van der Waals surface area contributed by atoms with Crippen LogP contribution in [0.4, 0.5) is 0 Å². The Kier molecular flexibility index (Phi) is 8.37. The first-order chi connectivity index (χ1) is 15.5. The first-order valence-corrected chi connectivity index (χ1v) is 9.94. The van der Waals surface area contributed by atoms with Crippen LogP contribution in [0.25, 0.3) is 0 Å². The summed E-state index contributed by atoms with van der Waals surface area (Å²) in [4.78, 5) is 91.7. The molecular formula is C21H22N2O10. The van der Waals surface area contributed by atoms with E-state index >= 15 is 0 Å². The largest absolute Gasteiger partial charge is 0.481 e. The summed E-state index contributed by atoms with van der Waals surface area (Å²) in [5, 5.41) is 9.81. The highest BCUT2D eigenvalue weighted by atomic mass is 16.7. The fourth-order valence-corrected chi connectivity index (χ4v) is 3.01. The van der Waals surface area contributed by atoms with Crippen LogP contribution in [0, 0.1) is 0 Å². The SMILES string of the molecule is CCC(=O)N(OC(=O)Cc1cc(CC(=O)O)cc(CC(=O)ON2C(=O)CCC2=O)c1)C(C)=O. The Labute approximate surface area is 187 Å². The van der Waals surface area contributed by atoms with Crippen molar-refractivity contribution in [2.75, 3.05) is 0 Å². The van der Waals surface area contributed by atoms with Gasteiger partial charge in [0.2, 0.25) is 0 Å². The summed E-state index contributed by atoms with van der Waals surface area (Å²) in [7, 11) is 0. The summed E-state index contributed by atoms with van der Waals surface area (Å²) in [6.45, 7) is 2.53. The third-order valence-corrected chi connectivity index (χ3v) is 4.37. The average Bonchev–Trinajstić information content (AvgIpc) is 3.02. The molecule has 176 valence electrons. The second kappa shape index (κ2) is 11.0. The highest BCUT2D eigenvalue weighted by molar-refractivity contribution is 6.01. The molecule has 0 aromatic heterocycles. The fraction of sp³-hybridized carbons (Fsp3) is 0.381. The van der Waals surface area contributed by atoms with Gasteiger partial charge in [-0.3, -0.25) is 24.0 Å². The zero-order valence-corrected chi connectivity index (χ0v) is 18.0. The number of hydrogen-bond donors (Lipinski definition) is 1. The Balaban J connectivity index is 2.17. The maximum Gasteiger partial charge on any atom is 0.337 e. The van der Waals surface area contributed by atoms with E-state index in [2.05, 4.69) is 0 Å². The maximum atomic E-state index is 12.3. The fourth-order valence-electron chi connectivity index (χ4n) is 3.01. The Morgan fingerprint density at radius 1 is 0.909 bits per heavy atom. The van der Waals surface area contributed by atoms with Crippen LogP contribution < -0.4 is 0 Å². The number of carbonyl (C=O) groups is 7. The number of imide groups is 2. The molecule has 33 heavy (non-hydrogen) atoms. The summed E-state index contributed by atoms with van der Waals surface area (Å²) in [6.07, 6.45) is -1.47. The maximum absolute atomic E-state index is 12.3. The first kappa shape index (κ1) is 25.2. The van der Waals surface area contributed by atoms with Gasteiger partial charge in [-0.15, -0.1) is 10.1 Å². The number of carboxylic acids is 1. The normalized spacial score (nSPS) is 13.0. The number of carbonyl (C=O) groups excluding carboxylic acids is 6. The van der Waals surface area contributed by atoms with Gasteiger partial charge in [-0.25, -0.2) is 9.59 Å². The van der Waals surface area contributed by atoms with Crippen LogP contribution in [-0.4, -0.2) is 56.8 Å². The predicted molar refractivity (Wildman–Crippen MR) is 106 cm³/mol. The smallest absolute Gasteiger partial charge is 0.337 e. The number of rotatable bonds is 8. The molecule has 1 heterocycles. The summed E-state index contributed by atoms with van der Waals surface area (Å²) >= 11 is 0. The molecule has 0 aliphatic carbocycles. The summed E-state index contributed by atoms with van der Waals surface area (Å²) in [6, 6.07) is 4.21. The molecule has 0 spiro atoms. The Hall–Kier alpha value is -4.09. The van der Waals surface area contributed by atoms with Crippen molar-refractivity contribution in [3.63, 3.8) is 0 Å². The minimum Gasteiger partial charge on any atom is -0.481 e. The predicted octanol–water partition coefficient (Wildman–Crippen LogP) is 0.249. The molecule has 12 heteroatoms. The van der Waals surface area contributed by atoms with Gasteiger partial charge in [0.25, 0.3) is 23.6 Å². The van der Waals surface area contributed by atoms with Crippen LogP contribution in [0.2, 0.25) is 0 Å². The molecule has 0 atom stereocenters. The van der Waals surface area contributed by atoms with E-state index in [4.69, 9.17) is 14.8 Å². The lowest BCUT2D eigenvalue weighted by atomic mass is 10.00. The molecule has 4 amide bonds. The minimum atomic E-state index is -1.16. The van der Waals surface area contributed by atoms with E-state index in [1.54, 1.807) is 0 Å². The third-order valence-electron chi connectivity index (χ3n) is 4.37. The number of amides is 4. The van der Waals surface area contributed by atoms with Crippen molar-refractivity contribution in [3.8, 4) is 0 Å². The van der Waals surface area contributed by atoms with Crippen LogP contribution in [0.3, 0.4) is 0 Å². The molecule has 12 nitrogen and oxygen atoms in total. The topological polar surface area (TPSA) is 165 Å². The Morgan fingerprint density at radius 2 is 1.39 bits per heavy atom. The third kappa shape index (κ3) is 7.23. The van der Waals surface area contributed by atoms with E-state index in [0.717, 1.165) is 6.92 Å². The Morgan fingerprint density at radius 3 is 1.85 bits per heavy atom. The van der Waals surface area contributed by atoms with Gasteiger partial charge in [-0.1, -0.05) is 25.1 Å². The van der Waals surface area contributed by atoms with Crippen LogP contribution in [-0.2, 0) is 62.5 Å². The summed E-state index contributed by atoms with van der Waals surface area (Å²) < 4.78 is 0. The highest BCUT2D eigenvalue weighted by Crippen LogP contribution is 2.17. The molecular weight excluding hydrogens is 440 g/mol. The molecule has 1 aliphatic rings. The van der Waals surface area contributed by atoms with Gasteiger partial charge >= 0.3 is 17.9 Å². The van der Waals surface area contributed by atoms with E-state index in [-0.39, 0.29) is 36.0 Å². The molecule has 1 saturated heterocycles. The van der Waals surface area contributed by atoms with Crippen LogP contribution in [0.5, 0.6) is 0 Å². The lowest BCUT2D eigenvalue weighted by Crippen LogP contribution is -2.37. The van der Waals surface area contributed by atoms with E-state index in [0.29, 0.717) is 10.1 Å². The molecule has 0 unspecified atom stereocenters. The number of carboxylic acid groups (broad SMARTS) is 1. The molecule has 1 N–H and O–H groups in total. The monoisotopic (exact) mass is 462 g/mol. The molecule has 1 fully saturated rings. The summed E-state index contributed by atoms with van der Waals surface area (Å²) in [5.41, 5.74) is 0.771. The van der Waals surface area contributed by atoms with Crippen molar-refractivity contribution in [2.24, 2.45) is 0 Å². The molecule has 0 saturated carbocycles.